The summed E-state index contributed by atoms with van der Waals surface area (Å²) in [6.07, 6.45) is 1.88. The van der Waals surface area contributed by atoms with Crippen LogP contribution in [0.25, 0.3) is 0 Å². The fourth-order valence-corrected chi connectivity index (χ4v) is 1.54. The SMILES string of the molecule is CC(N)C(CO)OCC1CCOCC1. The summed E-state index contributed by atoms with van der Waals surface area (Å²) in [4.78, 5) is 0. The van der Waals surface area contributed by atoms with Crippen molar-refractivity contribution in [2.75, 3.05) is 26.4 Å². The normalized spacial score (nSPS) is 23.4. The molecule has 0 aromatic carbocycles. The first-order valence-electron chi connectivity index (χ1n) is 5.29. The number of aliphatic hydroxyl groups is 1. The molecule has 14 heavy (non-hydrogen) atoms. The van der Waals surface area contributed by atoms with Gasteiger partial charge in [0.2, 0.25) is 0 Å². The van der Waals surface area contributed by atoms with Crippen molar-refractivity contribution in [3.05, 3.63) is 0 Å². The van der Waals surface area contributed by atoms with E-state index in [-0.39, 0.29) is 18.8 Å². The van der Waals surface area contributed by atoms with Crippen molar-refractivity contribution in [2.24, 2.45) is 11.7 Å². The molecule has 1 saturated heterocycles. The zero-order valence-electron chi connectivity index (χ0n) is 8.82. The van der Waals surface area contributed by atoms with E-state index < -0.39 is 0 Å². The summed E-state index contributed by atoms with van der Waals surface area (Å²) in [6, 6.07) is -0.111. The predicted octanol–water partition coefficient (Wildman–Crippen LogP) is 0.138. The summed E-state index contributed by atoms with van der Waals surface area (Å²) in [5, 5.41) is 9.00. The van der Waals surface area contributed by atoms with E-state index >= 15 is 0 Å². The molecule has 84 valence electrons. The topological polar surface area (TPSA) is 64.7 Å². The maximum Gasteiger partial charge on any atom is 0.0953 e. The molecule has 2 unspecified atom stereocenters. The average Bonchev–Trinajstić information content (AvgIpc) is 2.20. The van der Waals surface area contributed by atoms with Gasteiger partial charge in [0.15, 0.2) is 0 Å². The number of aliphatic hydroxyl groups excluding tert-OH is 1. The molecule has 1 aliphatic heterocycles. The van der Waals surface area contributed by atoms with E-state index in [0.717, 1.165) is 26.1 Å². The third kappa shape index (κ3) is 3.92. The molecule has 0 spiro atoms. The van der Waals surface area contributed by atoms with Gasteiger partial charge >= 0.3 is 0 Å². The summed E-state index contributed by atoms with van der Waals surface area (Å²) >= 11 is 0. The number of hydrogen-bond donors (Lipinski definition) is 2. The lowest BCUT2D eigenvalue weighted by atomic mass is 10.0. The molecule has 2 atom stereocenters. The van der Waals surface area contributed by atoms with Gasteiger partial charge in [0.1, 0.15) is 0 Å². The molecule has 0 aromatic rings. The molecule has 4 nitrogen and oxygen atoms in total. The van der Waals surface area contributed by atoms with Crippen LogP contribution >= 0.6 is 0 Å². The van der Waals surface area contributed by atoms with Gasteiger partial charge in [-0.1, -0.05) is 0 Å². The molecule has 0 aromatic heterocycles. The van der Waals surface area contributed by atoms with E-state index in [1.165, 1.54) is 0 Å². The standard InChI is InChI=1S/C10H21NO3/c1-8(11)10(6-12)14-7-9-2-4-13-5-3-9/h8-10,12H,2-7,11H2,1H3. The maximum absolute atomic E-state index is 9.00. The van der Waals surface area contributed by atoms with Gasteiger partial charge in [-0.25, -0.2) is 0 Å². The van der Waals surface area contributed by atoms with Crippen molar-refractivity contribution in [3.63, 3.8) is 0 Å². The van der Waals surface area contributed by atoms with Crippen LogP contribution in [0.15, 0.2) is 0 Å². The Labute approximate surface area is 85.4 Å². The zero-order valence-corrected chi connectivity index (χ0v) is 8.82. The molecule has 1 aliphatic rings. The zero-order chi connectivity index (χ0) is 10.4. The second-order valence-electron chi connectivity index (χ2n) is 3.97. The van der Waals surface area contributed by atoms with E-state index in [9.17, 15) is 0 Å². The van der Waals surface area contributed by atoms with Gasteiger partial charge < -0.3 is 20.3 Å². The summed E-state index contributed by atoms with van der Waals surface area (Å²) in [7, 11) is 0. The largest absolute Gasteiger partial charge is 0.394 e. The quantitative estimate of drug-likeness (QED) is 0.667. The maximum atomic E-state index is 9.00. The molecule has 0 radical (unpaired) electrons. The van der Waals surface area contributed by atoms with Gasteiger partial charge in [-0.15, -0.1) is 0 Å². The highest BCUT2D eigenvalue weighted by atomic mass is 16.5. The van der Waals surface area contributed by atoms with E-state index in [4.69, 9.17) is 20.3 Å². The third-order valence-electron chi connectivity index (χ3n) is 2.65. The van der Waals surface area contributed by atoms with E-state index in [1.807, 2.05) is 6.92 Å². The van der Waals surface area contributed by atoms with Gasteiger partial charge in [0.05, 0.1) is 19.3 Å². The van der Waals surface area contributed by atoms with Crippen molar-refractivity contribution < 1.29 is 14.6 Å². The van der Waals surface area contributed by atoms with Crippen molar-refractivity contribution in [1.82, 2.24) is 0 Å². The monoisotopic (exact) mass is 203 g/mol. The van der Waals surface area contributed by atoms with Crippen molar-refractivity contribution >= 4 is 0 Å². The van der Waals surface area contributed by atoms with Crippen LogP contribution in [0.3, 0.4) is 0 Å². The number of rotatable bonds is 5. The number of hydrogen-bond acceptors (Lipinski definition) is 4. The van der Waals surface area contributed by atoms with Gasteiger partial charge in [-0.2, -0.15) is 0 Å². The minimum Gasteiger partial charge on any atom is -0.394 e. The highest BCUT2D eigenvalue weighted by Crippen LogP contribution is 2.15. The van der Waals surface area contributed by atoms with Crippen LogP contribution in [-0.4, -0.2) is 43.7 Å². The Kier molecular flexibility index (Phi) is 5.40. The average molecular weight is 203 g/mol. The van der Waals surface area contributed by atoms with Gasteiger partial charge in [-0.05, 0) is 25.7 Å². The Morgan fingerprint density at radius 2 is 2.14 bits per heavy atom. The fraction of sp³-hybridized carbons (Fsp3) is 1.00. The molecule has 3 N–H and O–H groups in total. The smallest absolute Gasteiger partial charge is 0.0953 e. The molecule has 1 heterocycles. The second kappa shape index (κ2) is 6.35. The van der Waals surface area contributed by atoms with E-state index in [1.54, 1.807) is 0 Å². The Balaban J connectivity index is 2.16. The lowest BCUT2D eigenvalue weighted by Crippen LogP contribution is -2.38. The third-order valence-corrected chi connectivity index (χ3v) is 2.65. The molecule has 0 bridgehead atoms. The summed E-state index contributed by atoms with van der Waals surface area (Å²) in [6.45, 7) is 4.20. The highest BCUT2D eigenvalue weighted by molar-refractivity contribution is 4.69. The first kappa shape index (κ1) is 11.9. The van der Waals surface area contributed by atoms with Crippen molar-refractivity contribution in [2.45, 2.75) is 31.9 Å². The summed E-state index contributed by atoms with van der Waals surface area (Å²) in [5.41, 5.74) is 5.65. The Morgan fingerprint density at radius 1 is 1.50 bits per heavy atom. The van der Waals surface area contributed by atoms with E-state index in [0.29, 0.717) is 12.5 Å². The van der Waals surface area contributed by atoms with Crippen LogP contribution in [-0.2, 0) is 9.47 Å². The minimum absolute atomic E-state index is 0.000880. The fourth-order valence-electron chi connectivity index (χ4n) is 1.54. The second-order valence-corrected chi connectivity index (χ2v) is 3.97. The molecule has 1 fully saturated rings. The van der Waals surface area contributed by atoms with Crippen molar-refractivity contribution in [3.8, 4) is 0 Å². The summed E-state index contributed by atoms with van der Waals surface area (Å²) < 4.78 is 10.8. The van der Waals surface area contributed by atoms with Crippen molar-refractivity contribution in [1.29, 1.82) is 0 Å². The highest BCUT2D eigenvalue weighted by Gasteiger charge is 2.18. The van der Waals surface area contributed by atoms with Gasteiger partial charge in [0, 0.05) is 19.3 Å². The molecule has 0 aliphatic carbocycles. The first-order chi connectivity index (χ1) is 6.74. The lowest BCUT2D eigenvalue weighted by molar-refractivity contribution is -0.0374. The van der Waals surface area contributed by atoms with Crippen LogP contribution in [0.4, 0.5) is 0 Å². The van der Waals surface area contributed by atoms with Crippen LogP contribution in [0.2, 0.25) is 0 Å². The molecule has 1 rings (SSSR count). The first-order valence-corrected chi connectivity index (χ1v) is 5.29. The lowest BCUT2D eigenvalue weighted by Gasteiger charge is -2.25. The molecular weight excluding hydrogens is 182 g/mol. The predicted molar refractivity (Wildman–Crippen MR) is 54.0 cm³/mol. The van der Waals surface area contributed by atoms with Crippen LogP contribution in [0.1, 0.15) is 19.8 Å². The Hall–Kier alpha value is -0.160. The molecule has 0 amide bonds. The Bertz CT molecular complexity index is 146. The molecule has 4 heteroatoms. The van der Waals surface area contributed by atoms with Crippen LogP contribution < -0.4 is 5.73 Å². The van der Waals surface area contributed by atoms with Crippen LogP contribution in [0.5, 0.6) is 0 Å². The van der Waals surface area contributed by atoms with E-state index in [2.05, 4.69) is 0 Å². The van der Waals surface area contributed by atoms with Crippen LogP contribution in [0, 0.1) is 5.92 Å². The molecular formula is C10H21NO3. The minimum atomic E-state index is -0.224. The number of ether oxygens (including phenoxy) is 2. The Morgan fingerprint density at radius 3 is 2.64 bits per heavy atom. The summed E-state index contributed by atoms with van der Waals surface area (Å²) in [5.74, 6) is 0.566. The molecule has 0 saturated carbocycles. The van der Waals surface area contributed by atoms with Gasteiger partial charge in [-0.3, -0.25) is 0 Å². The van der Waals surface area contributed by atoms with Gasteiger partial charge in [0.25, 0.3) is 0 Å². The number of nitrogens with two attached hydrogens (primary N) is 1.